The Balaban J connectivity index is 2.66. The van der Waals surface area contributed by atoms with Crippen molar-refractivity contribution in [1.29, 1.82) is 0 Å². The maximum absolute atomic E-state index is 12.4. The van der Waals surface area contributed by atoms with E-state index in [2.05, 4.69) is 15.4 Å². The molecule has 80 valence electrons. The van der Waals surface area contributed by atoms with Crippen molar-refractivity contribution in [2.45, 2.75) is 32.4 Å². The molecule has 0 radical (unpaired) electrons. The highest BCUT2D eigenvalue weighted by Crippen LogP contribution is 2.07. The summed E-state index contributed by atoms with van der Waals surface area (Å²) in [7, 11) is 1.52. The molecule has 0 aliphatic heterocycles. The molecule has 0 aliphatic carbocycles. The molecule has 1 rings (SSSR count). The van der Waals surface area contributed by atoms with Crippen LogP contribution in [-0.2, 0) is 13.0 Å². The fraction of sp³-hybridized carbons (Fsp3) is 0.750. The van der Waals surface area contributed by atoms with Crippen molar-refractivity contribution in [3.8, 4) is 0 Å². The molecule has 1 aromatic rings. The lowest BCUT2D eigenvalue weighted by atomic mass is 10.2. The Kier molecular flexibility index (Phi) is 3.94. The van der Waals surface area contributed by atoms with Crippen molar-refractivity contribution >= 4 is 0 Å². The SMILES string of the molecule is CCn1ncnc1CC(NC)C(F)F. The average molecular weight is 204 g/mol. The van der Waals surface area contributed by atoms with Gasteiger partial charge in [0.15, 0.2) is 0 Å². The minimum atomic E-state index is -2.39. The molecule has 1 atom stereocenters. The number of rotatable bonds is 5. The fourth-order valence-electron chi connectivity index (χ4n) is 1.22. The Bertz CT molecular complexity index is 274. The minimum absolute atomic E-state index is 0.196. The number of aromatic nitrogens is 3. The van der Waals surface area contributed by atoms with Gasteiger partial charge in [-0.05, 0) is 14.0 Å². The van der Waals surface area contributed by atoms with E-state index in [-0.39, 0.29) is 6.42 Å². The van der Waals surface area contributed by atoms with Crippen molar-refractivity contribution in [3.05, 3.63) is 12.2 Å². The largest absolute Gasteiger partial charge is 0.312 e. The number of nitrogens with zero attached hydrogens (tertiary/aromatic N) is 3. The minimum Gasteiger partial charge on any atom is -0.312 e. The van der Waals surface area contributed by atoms with Gasteiger partial charge in [-0.25, -0.2) is 13.8 Å². The van der Waals surface area contributed by atoms with Crippen LogP contribution in [0.25, 0.3) is 0 Å². The molecule has 0 bridgehead atoms. The van der Waals surface area contributed by atoms with Crippen molar-refractivity contribution in [1.82, 2.24) is 20.1 Å². The molecule has 0 fully saturated rings. The Morgan fingerprint density at radius 2 is 2.29 bits per heavy atom. The van der Waals surface area contributed by atoms with Gasteiger partial charge in [-0.1, -0.05) is 0 Å². The lowest BCUT2D eigenvalue weighted by Crippen LogP contribution is -2.35. The highest BCUT2D eigenvalue weighted by atomic mass is 19.3. The first-order valence-electron chi connectivity index (χ1n) is 4.51. The number of alkyl halides is 2. The van der Waals surface area contributed by atoms with E-state index in [0.717, 1.165) is 0 Å². The van der Waals surface area contributed by atoms with Crippen molar-refractivity contribution < 1.29 is 8.78 Å². The molecule has 1 heterocycles. The maximum Gasteiger partial charge on any atom is 0.254 e. The standard InChI is InChI=1S/C8H14F2N4/c1-3-14-7(12-5-13-14)4-6(11-2)8(9)10/h5-6,8,11H,3-4H2,1-2H3. The quantitative estimate of drug-likeness (QED) is 0.767. The Morgan fingerprint density at radius 1 is 1.57 bits per heavy atom. The summed E-state index contributed by atoms with van der Waals surface area (Å²) in [5, 5.41) is 6.47. The van der Waals surface area contributed by atoms with Gasteiger partial charge in [0, 0.05) is 13.0 Å². The smallest absolute Gasteiger partial charge is 0.254 e. The van der Waals surface area contributed by atoms with E-state index in [0.29, 0.717) is 12.4 Å². The second kappa shape index (κ2) is 4.99. The van der Waals surface area contributed by atoms with Gasteiger partial charge in [-0.3, -0.25) is 4.68 Å². The van der Waals surface area contributed by atoms with E-state index in [1.54, 1.807) is 4.68 Å². The summed E-state index contributed by atoms with van der Waals surface area (Å²) in [6.07, 6.45) is -0.805. The third-order valence-electron chi connectivity index (χ3n) is 2.07. The summed E-state index contributed by atoms with van der Waals surface area (Å²) >= 11 is 0. The van der Waals surface area contributed by atoms with Crippen LogP contribution in [0.5, 0.6) is 0 Å². The number of aryl methyl sites for hydroxylation is 1. The first-order valence-corrected chi connectivity index (χ1v) is 4.51. The second-order valence-electron chi connectivity index (χ2n) is 2.93. The predicted octanol–water partition coefficient (Wildman–Crippen LogP) is 0.694. The van der Waals surface area contributed by atoms with Crippen molar-refractivity contribution in [2.75, 3.05) is 7.05 Å². The van der Waals surface area contributed by atoms with Crippen molar-refractivity contribution in [2.24, 2.45) is 0 Å². The van der Waals surface area contributed by atoms with Gasteiger partial charge in [0.2, 0.25) is 0 Å². The highest BCUT2D eigenvalue weighted by molar-refractivity contribution is 4.90. The number of likely N-dealkylation sites (N-methyl/N-ethyl adjacent to an activating group) is 1. The van der Waals surface area contributed by atoms with Crippen LogP contribution >= 0.6 is 0 Å². The van der Waals surface area contributed by atoms with E-state index >= 15 is 0 Å². The third-order valence-corrected chi connectivity index (χ3v) is 2.07. The van der Waals surface area contributed by atoms with E-state index < -0.39 is 12.5 Å². The molecule has 4 nitrogen and oxygen atoms in total. The maximum atomic E-state index is 12.4. The van der Waals surface area contributed by atoms with E-state index in [1.165, 1.54) is 13.4 Å². The van der Waals surface area contributed by atoms with Crippen LogP contribution in [0.4, 0.5) is 8.78 Å². The topological polar surface area (TPSA) is 42.7 Å². The summed E-state index contributed by atoms with van der Waals surface area (Å²) in [5.74, 6) is 0.590. The molecule has 14 heavy (non-hydrogen) atoms. The predicted molar refractivity (Wildman–Crippen MR) is 48.3 cm³/mol. The molecule has 0 saturated heterocycles. The fourth-order valence-corrected chi connectivity index (χ4v) is 1.22. The zero-order valence-electron chi connectivity index (χ0n) is 8.24. The van der Waals surface area contributed by atoms with Gasteiger partial charge < -0.3 is 5.32 Å². The van der Waals surface area contributed by atoms with Crippen molar-refractivity contribution in [3.63, 3.8) is 0 Å². The average Bonchev–Trinajstić information content (AvgIpc) is 2.60. The van der Waals surface area contributed by atoms with Crippen LogP contribution in [-0.4, -0.2) is 34.3 Å². The van der Waals surface area contributed by atoms with Gasteiger partial charge in [0.05, 0.1) is 6.04 Å². The van der Waals surface area contributed by atoms with E-state index in [9.17, 15) is 8.78 Å². The van der Waals surface area contributed by atoms with Crippen LogP contribution in [0.15, 0.2) is 6.33 Å². The molecule has 1 N–H and O–H groups in total. The van der Waals surface area contributed by atoms with Gasteiger partial charge in [0.1, 0.15) is 12.2 Å². The van der Waals surface area contributed by atoms with Crippen LogP contribution in [0.2, 0.25) is 0 Å². The zero-order chi connectivity index (χ0) is 10.6. The summed E-state index contributed by atoms with van der Waals surface area (Å²) in [5.41, 5.74) is 0. The van der Waals surface area contributed by atoms with Crippen LogP contribution in [0.1, 0.15) is 12.7 Å². The van der Waals surface area contributed by atoms with E-state index in [4.69, 9.17) is 0 Å². The lowest BCUT2D eigenvalue weighted by molar-refractivity contribution is 0.101. The summed E-state index contributed by atoms with van der Waals surface area (Å²) in [6, 6.07) is -0.857. The molecule has 0 amide bonds. The molecular weight excluding hydrogens is 190 g/mol. The van der Waals surface area contributed by atoms with Crippen LogP contribution < -0.4 is 5.32 Å². The van der Waals surface area contributed by atoms with E-state index in [1.807, 2.05) is 6.92 Å². The van der Waals surface area contributed by atoms with Crippen LogP contribution in [0, 0.1) is 0 Å². The number of hydrogen-bond acceptors (Lipinski definition) is 3. The summed E-state index contributed by atoms with van der Waals surface area (Å²) in [4.78, 5) is 3.94. The molecule has 1 aromatic heterocycles. The summed E-state index contributed by atoms with van der Waals surface area (Å²) in [6.45, 7) is 2.55. The van der Waals surface area contributed by atoms with Gasteiger partial charge in [-0.2, -0.15) is 5.10 Å². The number of nitrogens with one attached hydrogen (secondary N) is 1. The molecule has 0 spiro atoms. The molecule has 0 aromatic carbocycles. The Hall–Kier alpha value is -1.04. The second-order valence-corrected chi connectivity index (χ2v) is 2.93. The zero-order valence-corrected chi connectivity index (χ0v) is 8.24. The summed E-state index contributed by atoms with van der Waals surface area (Å²) < 4.78 is 26.4. The molecule has 6 heteroatoms. The first-order chi connectivity index (χ1) is 6.69. The molecule has 0 saturated carbocycles. The highest BCUT2D eigenvalue weighted by Gasteiger charge is 2.20. The lowest BCUT2D eigenvalue weighted by Gasteiger charge is -2.14. The Labute approximate surface area is 81.3 Å². The van der Waals surface area contributed by atoms with Gasteiger partial charge >= 0.3 is 0 Å². The van der Waals surface area contributed by atoms with Gasteiger partial charge in [0.25, 0.3) is 6.43 Å². The first kappa shape index (κ1) is 11.0. The molecule has 1 unspecified atom stereocenters. The normalized spacial score (nSPS) is 13.5. The third kappa shape index (κ3) is 2.47. The Morgan fingerprint density at radius 3 is 2.79 bits per heavy atom. The monoisotopic (exact) mass is 204 g/mol. The van der Waals surface area contributed by atoms with Gasteiger partial charge in [-0.15, -0.1) is 0 Å². The van der Waals surface area contributed by atoms with Crippen LogP contribution in [0.3, 0.4) is 0 Å². The number of halogens is 2. The molecular formula is C8H14F2N4. The number of hydrogen-bond donors (Lipinski definition) is 1. The molecule has 0 aliphatic rings.